The van der Waals surface area contributed by atoms with Crippen molar-refractivity contribution in [3.63, 3.8) is 0 Å². The van der Waals surface area contributed by atoms with Gasteiger partial charge in [0.2, 0.25) is 5.91 Å². The Morgan fingerprint density at radius 2 is 2.18 bits per heavy atom. The summed E-state index contributed by atoms with van der Waals surface area (Å²) in [4.78, 5) is 24.9. The molecule has 0 fully saturated rings. The lowest BCUT2D eigenvalue weighted by Gasteiger charge is -2.08. The molecule has 0 bridgehead atoms. The van der Waals surface area contributed by atoms with Crippen LogP contribution >= 0.6 is 23.1 Å². The number of ether oxygens (including phenoxy) is 1. The summed E-state index contributed by atoms with van der Waals surface area (Å²) in [6.07, 6.45) is 2.30. The standard InChI is InChI=1S/C18H20N4O4S2/c1-4-13-20-21-18(22(13)3)28-10-14(23)19-16-15(17(24)25-5-2)11(9-27-16)12-7-6-8-26-12/h6-9H,4-5,10H2,1-3H3,(H,19,23). The van der Waals surface area contributed by atoms with Gasteiger partial charge in [0.15, 0.2) is 5.16 Å². The summed E-state index contributed by atoms with van der Waals surface area (Å²) in [6, 6.07) is 3.49. The van der Waals surface area contributed by atoms with Crippen LogP contribution in [-0.4, -0.2) is 39.0 Å². The van der Waals surface area contributed by atoms with E-state index in [1.54, 1.807) is 24.4 Å². The number of aromatic nitrogens is 3. The molecule has 8 nitrogen and oxygen atoms in total. The average Bonchev–Trinajstić information content (AvgIpc) is 3.40. The number of esters is 1. The number of amides is 1. The van der Waals surface area contributed by atoms with Crippen molar-refractivity contribution in [2.24, 2.45) is 7.05 Å². The van der Waals surface area contributed by atoms with Crippen LogP contribution in [-0.2, 0) is 23.0 Å². The van der Waals surface area contributed by atoms with Gasteiger partial charge in [0.05, 0.1) is 18.6 Å². The smallest absolute Gasteiger partial charge is 0.341 e. The zero-order valence-electron chi connectivity index (χ0n) is 15.7. The van der Waals surface area contributed by atoms with E-state index in [9.17, 15) is 9.59 Å². The Labute approximate surface area is 170 Å². The maximum absolute atomic E-state index is 12.4. The predicted molar refractivity (Wildman–Crippen MR) is 108 cm³/mol. The van der Waals surface area contributed by atoms with Crippen LogP contribution in [0.15, 0.2) is 33.3 Å². The first-order chi connectivity index (χ1) is 13.5. The van der Waals surface area contributed by atoms with Crippen molar-refractivity contribution in [2.75, 3.05) is 17.7 Å². The molecule has 0 radical (unpaired) electrons. The van der Waals surface area contributed by atoms with Crippen LogP contribution in [0.4, 0.5) is 5.00 Å². The molecular formula is C18H20N4O4S2. The van der Waals surface area contributed by atoms with Crippen LogP contribution in [0.1, 0.15) is 30.0 Å². The van der Waals surface area contributed by atoms with Gasteiger partial charge in [-0.05, 0) is 19.1 Å². The van der Waals surface area contributed by atoms with E-state index in [4.69, 9.17) is 9.15 Å². The van der Waals surface area contributed by atoms with Crippen LogP contribution in [0.3, 0.4) is 0 Å². The summed E-state index contributed by atoms with van der Waals surface area (Å²) in [5.74, 6) is 0.795. The third-order valence-corrected chi connectivity index (χ3v) is 5.80. The SMILES string of the molecule is CCOC(=O)c1c(-c2ccco2)csc1NC(=O)CSc1nnc(CC)n1C. The van der Waals surface area contributed by atoms with Crippen LogP contribution in [0.2, 0.25) is 0 Å². The van der Waals surface area contributed by atoms with Gasteiger partial charge < -0.3 is 19.0 Å². The average molecular weight is 421 g/mol. The van der Waals surface area contributed by atoms with Gasteiger partial charge in [-0.25, -0.2) is 4.79 Å². The quantitative estimate of drug-likeness (QED) is 0.439. The lowest BCUT2D eigenvalue weighted by Crippen LogP contribution is -2.16. The molecule has 0 saturated heterocycles. The van der Waals surface area contributed by atoms with Crippen molar-refractivity contribution in [1.82, 2.24) is 14.8 Å². The number of rotatable bonds is 8. The highest BCUT2D eigenvalue weighted by Crippen LogP contribution is 2.36. The minimum atomic E-state index is -0.501. The Hall–Kier alpha value is -2.59. The minimum Gasteiger partial charge on any atom is -0.464 e. The maximum Gasteiger partial charge on any atom is 0.341 e. The number of hydrogen-bond acceptors (Lipinski definition) is 8. The predicted octanol–water partition coefficient (Wildman–Crippen LogP) is 3.61. The second-order valence-corrected chi connectivity index (χ2v) is 7.52. The first-order valence-electron chi connectivity index (χ1n) is 8.68. The first-order valence-corrected chi connectivity index (χ1v) is 10.5. The Morgan fingerprint density at radius 1 is 1.36 bits per heavy atom. The zero-order valence-corrected chi connectivity index (χ0v) is 17.4. The molecule has 0 aromatic carbocycles. The molecule has 148 valence electrons. The van der Waals surface area contributed by atoms with Crippen molar-refractivity contribution < 1.29 is 18.7 Å². The maximum atomic E-state index is 12.4. The number of nitrogens with zero attached hydrogens (tertiary/aromatic N) is 3. The second-order valence-electron chi connectivity index (χ2n) is 5.70. The summed E-state index contributed by atoms with van der Waals surface area (Å²) in [5, 5.41) is 13.8. The van der Waals surface area contributed by atoms with Crippen molar-refractivity contribution in [1.29, 1.82) is 0 Å². The molecule has 3 heterocycles. The summed E-state index contributed by atoms with van der Waals surface area (Å²) in [6.45, 7) is 3.97. The van der Waals surface area contributed by atoms with Gasteiger partial charge in [-0.1, -0.05) is 18.7 Å². The van der Waals surface area contributed by atoms with Crippen LogP contribution in [0, 0.1) is 0 Å². The Morgan fingerprint density at radius 3 is 2.82 bits per heavy atom. The largest absolute Gasteiger partial charge is 0.464 e. The minimum absolute atomic E-state index is 0.145. The van der Waals surface area contributed by atoms with Crippen LogP contribution in [0.25, 0.3) is 11.3 Å². The molecule has 1 amide bonds. The number of nitrogens with one attached hydrogen (secondary N) is 1. The van der Waals surface area contributed by atoms with Crippen LogP contribution < -0.4 is 5.32 Å². The molecule has 0 saturated carbocycles. The van der Waals surface area contributed by atoms with Crippen LogP contribution in [0.5, 0.6) is 0 Å². The molecule has 0 spiro atoms. The number of hydrogen-bond donors (Lipinski definition) is 1. The molecule has 0 aliphatic carbocycles. The lowest BCUT2D eigenvalue weighted by atomic mass is 10.1. The van der Waals surface area contributed by atoms with Crippen molar-refractivity contribution in [3.8, 4) is 11.3 Å². The Balaban J connectivity index is 1.74. The first kappa shape index (κ1) is 20.2. The number of thioether (sulfide) groups is 1. The molecule has 3 aromatic heterocycles. The Kier molecular flexibility index (Phi) is 6.53. The molecule has 10 heteroatoms. The number of carbonyl (C=O) groups excluding carboxylic acids is 2. The van der Waals surface area contributed by atoms with Gasteiger partial charge in [0.25, 0.3) is 0 Å². The molecule has 1 N–H and O–H groups in total. The van der Waals surface area contributed by atoms with Gasteiger partial charge in [0, 0.05) is 24.4 Å². The summed E-state index contributed by atoms with van der Waals surface area (Å²) >= 11 is 2.54. The van der Waals surface area contributed by atoms with Gasteiger partial charge in [-0.15, -0.1) is 21.5 Å². The van der Waals surface area contributed by atoms with Crippen molar-refractivity contribution >= 4 is 40.0 Å². The highest BCUT2D eigenvalue weighted by atomic mass is 32.2. The molecule has 0 aliphatic rings. The van der Waals surface area contributed by atoms with Gasteiger partial charge >= 0.3 is 5.97 Å². The fourth-order valence-electron chi connectivity index (χ4n) is 2.54. The highest BCUT2D eigenvalue weighted by molar-refractivity contribution is 7.99. The molecule has 3 rings (SSSR count). The van der Waals surface area contributed by atoms with E-state index >= 15 is 0 Å². The number of furan rings is 1. The van der Waals surface area contributed by atoms with E-state index in [-0.39, 0.29) is 18.3 Å². The van der Waals surface area contributed by atoms with Gasteiger partial charge in [-0.3, -0.25) is 4.79 Å². The zero-order chi connectivity index (χ0) is 20.1. The fourth-order valence-corrected chi connectivity index (χ4v) is 4.22. The van der Waals surface area contributed by atoms with Gasteiger partial charge in [-0.2, -0.15) is 0 Å². The van der Waals surface area contributed by atoms with Crippen molar-refractivity contribution in [2.45, 2.75) is 25.4 Å². The summed E-state index contributed by atoms with van der Waals surface area (Å²) < 4.78 is 12.4. The Bertz CT molecular complexity index is 963. The number of anilines is 1. The monoisotopic (exact) mass is 420 g/mol. The topological polar surface area (TPSA) is 99.2 Å². The fraction of sp³-hybridized carbons (Fsp3) is 0.333. The van der Waals surface area contributed by atoms with E-state index in [1.165, 1.54) is 29.4 Å². The van der Waals surface area contributed by atoms with E-state index in [1.807, 2.05) is 18.5 Å². The van der Waals surface area contributed by atoms with E-state index in [2.05, 4.69) is 15.5 Å². The highest BCUT2D eigenvalue weighted by Gasteiger charge is 2.24. The number of thiophene rings is 1. The molecule has 0 aliphatic heterocycles. The normalized spacial score (nSPS) is 10.8. The summed E-state index contributed by atoms with van der Waals surface area (Å²) in [7, 11) is 1.87. The third-order valence-electron chi connectivity index (χ3n) is 3.88. The van der Waals surface area contributed by atoms with E-state index in [0.717, 1.165) is 12.2 Å². The van der Waals surface area contributed by atoms with E-state index in [0.29, 0.717) is 27.0 Å². The van der Waals surface area contributed by atoms with Gasteiger partial charge in [0.1, 0.15) is 22.1 Å². The second kappa shape index (κ2) is 9.07. The molecule has 0 unspecified atom stereocenters. The third kappa shape index (κ3) is 4.28. The molecule has 0 atom stereocenters. The van der Waals surface area contributed by atoms with Crippen molar-refractivity contribution in [3.05, 3.63) is 35.2 Å². The number of aryl methyl sites for hydroxylation is 1. The van der Waals surface area contributed by atoms with E-state index < -0.39 is 5.97 Å². The number of carbonyl (C=O) groups is 2. The molecule has 3 aromatic rings. The molecular weight excluding hydrogens is 400 g/mol. The molecule has 28 heavy (non-hydrogen) atoms. The lowest BCUT2D eigenvalue weighted by molar-refractivity contribution is -0.113. The summed E-state index contributed by atoms with van der Waals surface area (Å²) in [5.41, 5.74) is 0.893.